The number of rotatable bonds is 7. The predicted molar refractivity (Wildman–Crippen MR) is 74.3 cm³/mol. The summed E-state index contributed by atoms with van der Waals surface area (Å²) in [5.41, 5.74) is 5.93. The summed E-state index contributed by atoms with van der Waals surface area (Å²) in [4.78, 5) is 13.7. The van der Waals surface area contributed by atoms with E-state index >= 15 is 0 Å². The number of carbonyl (C=O) groups is 1. The van der Waals surface area contributed by atoms with Crippen LogP contribution in [0.3, 0.4) is 0 Å². The lowest BCUT2D eigenvalue weighted by atomic mass is 9.92. The summed E-state index contributed by atoms with van der Waals surface area (Å²) < 4.78 is 0. The van der Waals surface area contributed by atoms with Crippen LogP contribution in [-0.4, -0.2) is 43.5 Å². The summed E-state index contributed by atoms with van der Waals surface area (Å²) >= 11 is 0. The number of amides is 1. The summed E-state index contributed by atoms with van der Waals surface area (Å²) in [6.07, 6.45) is 0.608. The van der Waals surface area contributed by atoms with Gasteiger partial charge >= 0.3 is 0 Å². The average molecular weight is 249 g/mol. The first-order valence-corrected chi connectivity index (χ1v) is 6.17. The normalized spacial score (nSPS) is 14.4. The van der Waals surface area contributed by atoms with Gasteiger partial charge in [0.1, 0.15) is 0 Å². The van der Waals surface area contributed by atoms with Crippen LogP contribution >= 0.6 is 0 Å². The van der Waals surface area contributed by atoms with Crippen molar-refractivity contribution in [2.75, 3.05) is 27.2 Å². The number of hydrogen-bond donors (Lipinski definition) is 2. The maximum absolute atomic E-state index is 11.6. The summed E-state index contributed by atoms with van der Waals surface area (Å²) in [5, 5.41) is 3.26. The summed E-state index contributed by atoms with van der Waals surface area (Å²) in [5.74, 6) is -0.315. The molecule has 0 aromatic heterocycles. The minimum absolute atomic E-state index is 0.315. The lowest BCUT2D eigenvalue weighted by Gasteiger charge is -2.28. The van der Waals surface area contributed by atoms with Gasteiger partial charge in [-0.3, -0.25) is 4.79 Å². The van der Waals surface area contributed by atoms with Crippen LogP contribution < -0.4 is 11.1 Å². The molecular weight excluding hydrogens is 226 g/mol. The summed E-state index contributed by atoms with van der Waals surface area (Å²) in [6.45, 7) is 3.47. The molecule has 3 N–H and O–H groups in total. The van der Waals surface area contributed by atoms with Crippen molar-refractivity contribution < 1.29 is 4.79 Å². The Morgan fingerprint density at radius 2 is 1.94 bits per heavy atom. The smallest absolute Gasteiger partial charge is 0.237 e. The minimum atomic E-state index is -0.697. The molecule has 0 spiro atoms. The monoisotopic (exact) mass is 249 g/mol. The molecule has 100 valence electrons. The van der Waals surface area contributed by atoms with Crippen molar-refractivity contribution >= 4 is 5.91 Å². The van der Waals surface area contributed by atoms with Crippen LogP contribution in [0.15, 0.2) is 30.3 Å². The molecule has 4 nitrogen and oxygen atoms in total. The molecule has 0 aliphatic heterocycles. The number of carbonyl (C=O) groups excluding carboxylic acids is 1. The second-order valence-corrected chi connectivity index (χ2v) is 5.09. The zero-order chi connectivity index (χ0) is 13.6. The van der Waals surface area contributed by atoms with Crippen molar-refractivity contribution in [1.82, 2.24) is 10.2 Å². The Morgan fingerprint density at radius 3 is 2.44 bits per heavy atom. The number of nitrogens with two attached hydrogens (primary N) is 1. The molecule has 4 heteroatoms. The van der Waals surface area contributed by atoms with Gasteiger partial charge in [0.15, 0.2) is 0 Å². The fraction of sp³-hybridized carbons (Fsp3) is 0.500. The Kier molecular flexibility index (Phi) is 5.31. The van der Waals surface area contributed by atoms with Gasteiger partial charge in [-0.25, -0.2) is 0 Å². The Balaban J connectivity index is 2.66. The van der Waals surface area contributed by atoms with Crippen LogP contribution in [-0.2, 0) is 11.2 Å². The molecule has 1 aromatic carbocycles. The summed E-state index contributed by atoms with van der Waals surface area (Å²) in [6, 6.07) is 9.92. The van der Waals surface area contributed by atoms with E-state index in [-0.39, 0.29) is 5.91 Å². The predicted octanol–water partition coefficient (Wildman–Crippen LogP) is 0.624. The second kappa shape index (κ2) is 6.52. The fourth-order valence-corrected chi connectivity index (χ4v) is 1.80. The van der Waals surface area contributed by atoms with E-state index in [2.05, 4.69) is 10.2 Å². The van der Waals surface area contributed by atoms with Gasteiger partial charge < -0.3 is 16.0 Å². The van der Waals surface area contributed by atoms with E-state index < -0.39 is 5.54 Å². The van der Waals surface area contributed by atoms with E-state index in [0.29, 0.717) is 6.42 Å². The molecule has 0 saturated carbocycles. The Morgan fingerprint density at radius 1 is 1.33 bits per heavy atom. The number of benzene rings is 1. The molecule has 0 aliphatic carbocycles. The third-order valence-electron chi connectivity index (χ3n) is 3.02. The topological polar surface area (TPSA) is 58.4 Å². The zero-order valence-corrected chi connectivity index (χ0v) is 11.4. The molecule has 0 heterocycles. The SMILES string of the molecule is CN(C)CCNC(C)(Cc1ccccc1)C(N)=O. The molecule has 1 rings (SSSR count). The minimum Gasteiger partial charge on any atom is -0.368 e. The van der Waals surface area contributed by atoms with Crippen LogP contribution in [0.4, 0.5) is 0 Å². The van der Waals surface area contributed by atoms with E-state index in [1.54, 1.807) is 0 Å². The van der Waals surface area contributed by atoms with Crippen molar-refractivity contribution in [1.29, 1.82) is 0 Å². The molecule has 0 aliphatic rings. The highest BCUT2D eigenvalue weighted by atomic mass is 16.1. The molecule has 0 saturated heterocycles. The molecule has 1 atom stereocenters. The highest BCUT2D eigenvalue weighted by molar-refractivity contribution is 5.84. The van der Waals surface area contributed by atoms with E-state index in [1.807, 2.05) is 51.4 Å². The quantitative estimate of drug-likeness (QED) is 0.745. The standard InChI is InChI=1S/C14H23N3O/c1-14(13(15)18,16-9-10-17(2)3)11-12-7-5-4-6-8-12/h4-8,16H,9-11H2,1-3H3,(H2,15,18). The van der Waals surface area contributed by atoms with Gasteiger partial charge in [0.25, 0.3) is 0 Å². The number of likely N-dealkylation sites (N-methyl/N-ethyl adjacent to an activating group) is 1. The molecule has 0 radical (unpaired) electrons. The van der Waals surface area contributed by atoms with Gasteiger partial charge in [-0.1, -0.05) is 30.3 Å². The van der Waals surface area contributed by atoms with E-state index in [1.165, 1.54) is 0 Å². The number of hydrogen-bond acceptors (Lipinski definition) is 3. The Labute approximate surface area is 109 Å². The Bertz CT molecular complexity index is 378. The Hall–Kier alpha value is -1.39. The van der Waals surface area contributed by atoms with Crippen molar-refractivity contribution in [3.63, 3.8) is 0 Å². The average Bonchev–Trinajstić information content (AvgIpc) is 2.29. The van der Waals surface area contributed by atoms with Crippen LogP contribution in [0.1, 0.15) is 12.5 Å². The first-order chi connectivity index (χ1) is 8.44. The highest BCUT2D eigenvalue weighted by Crippen LogP contribution is 2.12. The van der Waals surface area contributed by atoms with Crippen molar-refractivity contribution in [2.24, 2.45) is 5.73 Å². The summed E-state index contributed by atoms with van der Waals surface area (Å²) in [7, 11) is 4.00. The van der Waals surface area contributed by atoms with E-state index in [4.69, 9.17) is 5.73 Å². The van der Waals surface area contributed by atoms with Crippen molar-refractivity contribution in [2.45, 2.75) is 18.9 Å². The fourth-order valence-electron chi connectivity index (χ4n) is 1.80. The molecule has 0 fully saturated rings. The van der Waals surface area contributed by atoms with Gasteiger partial charge in [-0.15, -0.1) is 0 Å². The highest BCUT2D eigenvalue weighted by Gasteiger charge is 2.30. The molecular formula is C14H23N3O. The van der Waals surface area contributed by atoms with Gasteiger partial charge in [-0.2, -0.15) is 0 Å². The van der Waals surface area contributed by atoms with Crippen LogP contribution in [0.25, 0.3) is 0 Å². The molecule has 18 heavy (non-hydrogen) atoms. The van der Waals surface area contributed by atoms with Crippen LogP contribution in [0.2, 0.25) is 0 Å². The van der Waals surface area contributed by atoms with Crippen LogP contribution in [0, 0.1) is 0 Å². The first-order valence-electron chi connectivity index (χ1n) is 6.17. The number of nitrogens with zero attached hydrogens (tertiary/aromatic N) is 1. The van der Waals surface area contributed by atoms with Crippen molar-refractivity contribution in [3.05, 3.63) is 35.9 Å². The maximum Gasteiger partial charge on any atom is 0.237 e. The van der Waals surface area contributed by atoms with Crippen LogP contribution in [0.5, 0.6) is 0 Å². The molecule has 1 aromatic rings. The maximum atomic E-state index is 11.6. The molecule has 1 amide bonds. The zero-order valence-electron chi connectivity index (χ0n) is 11.4. The van der Waals surface area contributed by atoms with Gasteiger partial charge in [0.2, 0.25) is 5.91 Å². The van der Waals surface area contributed by atoms with Crippen molar-refractivity contribution in [3.8, 4) is 0 Å². The van der Waals surface area contributed by atoms with Gasteiger partial charge in [0, 0.05) is 13.1 Å². The lowest BCUT2D eigenvalue weighted by Crippen LogP contribution is -2.56. The largest absolute Gasteiger partial charge is 0.368 e. The third-order valence-corrected chi connectivity index (χ3v) is 3.02. The molecule has 0 bridgehead atoms. The first kappa shape index (κ1) is 14.7. The lowest BCUT2D eigenvalue weighted by molar-refractivity contribution is -0.123. The van der Waals surface area contributed by atoms with E-state index in [0.717, 1.165) is 18.7 Å². The molecule has 1 unspecified atom stereocenters. The van der Waals surface area contributed by atoms with Gasteiger partial charge in [-0.05, 0) is 33.0 Å². The van der Waals surface area contributed by atoms with E-state index in [9.17, 15) is 4.79 Å². The van der Waals surface area contributed by atoms with Gasteiger partial charge in [0.05, 0.1) is 5.54 Å². The second-order valence-electron chi connectivity index (χ2n) is 5.09. The number of nitrogens with one attached hydrogen (secondary N) is 1. The number of primary amides is 1. The third kappa shape index (κ3) is 4.47.